The third-order valence-corrected chi connectivity index (χ3v) is 4.18. The van der Waals surface area contributed by atoms with Gasteiger partial charge >= 0.3 is 0 Å². The number of aryl methyl sites for hydroxylation is 1. The molecule has 1 aliphatic carbocycles. The zero-order valence-electron chi connectivity index (χ0n) is 13.0. The first-order chi connectivity index (χ1) is 9.56. The van der Waals surface area contributed by atoms with Crippen LogP contribution in [0.3, 0.4) is 0 Å². The molecule has 1 aliphatic rings. The quantitative estimate of drug-likeness (QED) is 0.602. The van der Waals surface area contributed by atoms with Crippen LogP contribution in [0.2, 0.25) is 0 Å². The fraction of sp³-hybridized carbons (Fsp3) is 0.500. The van der Waals surface area contributed by atoms with Gasteiger partial charge in [0.1, 0.15) is 0 Å². The number of rotatable bonds is 5. The molecule has 0 fully saturated rings. The summed E-state index contributed by atoms with van der Waals surface area (Å²) in [6, 6.07) is 2.20. The summed E-state index contributed by atoms with van der Waals surface area (Å²) in [5.74, 6) is 0.456. The molecule has 0 spiro atoms. The number of ketones is 1. The highest BCUT2D eigenvalue weighted by Crippen LogP contribution is 2.32. The maximum Gasteiger partial charge on any atom is 0.166 e. The van der Waals surface area contributed by atoms with E-state index in [0.717, 1.165) is 18.4 Å². The first-order valence-corrected chi connectivity index (χ1v) is 7.41. The van der Waals surface area contributed by atoms with E-state index < -0.39 is 0 Å². The van der Waals surface area contributed by atoms with Crippen LogP contribution in [0.15, 0.2) is 18.2 Å². The molecule has 0 bridgehead atoms. The van der Waals surface area contributed by atoms with Crippen molar-refractivity contribution in [3.8, 4) is 0 Å². The average Bonchev–Trinajstić information content (AvgIpc) is 2.68. The number of Topliss-reactive ketones (excluding diaryl/α,β-unsaturated/α-hetero) is 1. The summed E-state index contributed by atoms with van der Waals surface area (Å²) in [5, 5.41) is 0. The van der Waals surface area contributed by atoms with E-state index in [1.54, 1.807) is 0 Å². The van der Waals surface area contributed by atoms with Crippen LogP contribution in [0.5, 0.6) is 0 Å². The zero-order chi connectivity index (χ0) is 14.7. The van der Waals surface area contributed by atoms with Gasteiger partial charge in [0, 0.05) is 11.5 Å². The number of ether oxygens (including phenoxy) is 1. The predicted molar refractivity (Wildman–Crippen MR) is 82.5 cm³/mol. The van der Waals surface area contributed by atoms with Gasteiger partial charge in [0.25, 0.3) is 0 Å². The van der Waals surface area contributed by atoms with E-state index in [1.807, 2.05) is 26.0 Å². The fourth-order valence-corrected chi connectivity index (χ4v) is 3.09. The lowest BCUT2D eigenvalue weighted by Crippen LogP contribution is -2.08. The Morgan fingerprint density at radius 3 is 2.85 bits per heavy atom. The van der Waals surface area contributed by atoms with Gasteiger partial charge in [0.05, 0.1) is 13.2 Å². The molecule has 2 nitrogen and oxygen atoms in total. The molecule has 0 N–H and O–H groups in total. The lowest BCUT2D eigenvalue weighted by molar-refractivity contribution is 0.0945. The number of fused-ring (bicyclic) bond motifs is 1. The Bertz CT molecular complexity index is 541. The summed E-state index contributed by atoms with van der Waals surface area (Å²) in [7, 11) is 0. The number of carbonyl (C=O) groups is 1. The second-order valence-electron chi connectivity index (χ2n) is 5.69. The SMILES string of the molecule is CC=CCOCCc1c(C)cc2c(c1C)C(=O)[C@H](C)C2. The fourth-order valence-electron chi connectivity index (χ4n) is 3.09. The maximum atomic E-state index is 12.3. The third-order valence-electron chi connectivity index (χ3n) is 4.18. The van der Waals surface area contributed by atoms with Gasteiger partial charge < -0.3 is 4.74 Å². The third kappa shape index (κ3) is 2.85. The standard InChI is InChI=1S/C18H24O2/c1-5-6-8-20-9-7-16-12(2)10-15-11-13(3)18(19)17(15)14(16)4/h5-6,10,13H,7-9,11H2,1-4H3/t13-/m1/s1. The summed E-state index contributed by atoms with van der Waals surface area (Å²) in [4.78, 5) is 12.3. The minimum Gasteiger partial charge on any atom is -0.377 e. The minimum absolute atomic E-state index is 0.143. The highest BCUT2D eigenvalue weighted by molar-refractivity contribution is 6.03. The van der Waals surface area contributed by atoms with Crippen LogP contribution in [-0.2, 0) is 17.6 Å². The van der Waals surface area contributed by atoms with Gasteiger partial charge in [0.15, 0.2) is 5.78 Å². The molecule has 0 saturated heterocycles. The van der Waals surface area contributed by atoms with Gasteiger partial charge in [-0.15, -0.1) is 0 Å². The Balaban J connectivity index is 2.17. The van der Waals surface area contributed by atoms with Gasteiger partial charge in [-0.2, -0.15) is 0 Å². The Labute approximate surface area is 121 Å². The van der Waals surface area contributed by atoms with Crippen LogP contribution in [0.1, 0.15) is 46.5 Å². The lowest BCUT2D eigenvalue weighted by Gasteiger charge is -2.14. The average molecular weight is 272 g/mol. The van der Waals surface area contributed by atoms with Crippen LogP contribution in [-0.4, -0.2) is 19.0 Å². The van der Waals surface area contributed by atoms with Crippen molar-refractivity contribution in [2.45, 2.75) is 40.5 Å². The smallest absolute Gasteiger partial charge is 0.166 e. The second kappa shape index (κ2) is 6.36. The molecule has 0 unspecified atom stereocenters. The van der Waals surface area contributed by atoms with Crippen molar-refractivity contribution < 1.29 is 9.53 Å². The van der Waals surface area contributed by atoms with E-state index in [2.05, 4.69) is 19.9 Å². The highest BCUT2D eigenvalue weighted by Gasteiger charge is 2.29. The van der Waals surface area contributed by atoms with Crippen molar-refractivity contribution in [2.24, 2.45) is 5.92 Å². The van der Waals surface area contributed by atoms with Crippen LogP contribution >= 0.6 is 0 Å². The molecular weight excluding hydrogens is 248 g/mol. The molecule has 20 heavy (non-hydrogen) atoms. The van der Waals surface area contributed by atoms with E-state index in [4.69, 9.17) is 4.74 Å². The second-order valence-corrected chi connectivity index (χ2v) is 5.69. The Hall–Kier alpha value is -1.41. The Morgan fingerprint density at radius 1 is 1.40 bits per heavy atom. The van der Waals surface area contributed by atoms with Crippen LogP contribution in [0.4, 0.5) is 0 Å². The molecule has 0 saturated carbocycles. The molecule has 0 heterocycles. The molecule has 2 rings (SSSR count). The molecule has 2 heteroatoms. The molecule has 0 aromatic heterocycles. The van der Waals surface area contributed by atoms with Gasteiger partial charge in [-0.25, -0.2) is 0 Å². The van der Waals surface area contributed by atoms with Crippen molar-refractivity contribution in [3.63, 3.8) is 0 Å². The van der Waals surface area contributed by atoms with Crippen molar-refractivity contribution in [2.75, 3.05) is 13.2 Å². The number of hydrogen-bond acceptors (Lipinski definition) is 2. The van der Waals surface area contributed by atoms with E-state index in [-0.39, 0.29) is 5.92 Å². The minimum atomic E-state index is 0.143. The monoisotopic (exact) mass is 272 g/mol. The van der Waals surface area contributed by atoms with Crippen molar-refractivity contribution >= 4 is 5.78 Å². The summed E-state index contributed by atoms with van der Waals surface area (Å²) < 4.78 is 5.58. The molecule has 108 valence electrons. The number of carbonyl (C=O) groups excluding carboxylic acids is 1. The van der Waals surface area contributed by atoms with Gasteiger partial charge in [-0.3, -0.25) is 4.79 Å². The summed E-state index contributed by atoms with van der Waals surface area (Å²) in [5.41, 5.74) is 5.95. The molecular formula is C18H24O2. The van der Waals surface area contributed by atoms with Crippen LogP contribution in [0.25, 0.3) is 0 Å². The Morgan fingerprint density at radius 2 is 2.15 bits per heavy atom. The topological polar surface area (TPSA) is 26.3 Å². The van der Waals surface area contributed by atoms with Crippen LogP contribution < -0.4 is 0 Å². The number of allylic oxidation sites excluding steroid dienone is 1. The maximum absolute atomic E-state index is 12.3. The van der Waals surface area contributed by atoms with Crippen molar-refractivity contribution in [1.29, 1.82) is 0 Å². The van der Waals surface area contributed by atoms with E-state index >= 15 is 0 Å². The summed E-state index contributed by atoms with van der Waals surface area (Å²) >= 11 is 0. The van der Waals surface area contributed by atoms with Gasteiger partial charge in [0.2, 0.25) is 0 Å². The zero-order valence-corrected chi connectivity index (χ0v) is 13.0. The normalized spacial score (nSPS) is 18.0. The summed E-state index contributed by atoms with van der Waals surface area (Å²) in [6.07, 6.45) is 5.78. The molecule has 0 aliphatic heterocycles. The molecule has 1 aromatic carbocycles. The molecule has 0 radical (unpaired) electrons. The molecule has 0 amide bonds. The van der Waals surface area contributed by atoms with Gasteiger partial charge in [-0.05, 0) is 55.9 Å². The van der Waals surface area contributed by atoms with Crippen molar-refractivity contribution in [1.82, 2.24) is 0 Å². The van der Waals surface area contributed by atoms with E-state index in [1.165, 1.54) is 22.3 Å². The van der Waals surface area contributed by atoms with Gasteiger partial charge in [-0.1, -0.05) is 25.1 Å². The van der Waals surface area contributed by atoms with E-state index in [0.29, 0.717) is 19.0 Å². The first-order valence-electron chi connectivity index (χ1n) is 7.41. The predicted octanol–water partition coefficient (Wildman–Crippen LogP) is 3.81. The van der Waals surface area contributed by atoms with Crippen molar-refractivity contribution in [3.05, 3.63) is 46.0 Å². The number of benzene rings is 1. The first kappa shape index (κ1) is 15.0. The largest absolute Gasteiger partial charge is 0.377 e. The van der Waals surface area contributed by atoms with E-state index in [9.17, 15) is 4.79 Å². The molecule has 1 atom stereocenters. The van der Waals surface area contributed by atoms with Crippen LogP contribution in [0, 0.1) is 19.8 Å². The Kier molecular flexibility index (Phi) is 4.77. The summed E-state index contributed by atoms with van der Waals surface area (Å²) in [6.45, 7) is 9.61. The highest BCUT2D eigenvalue weighted by atomic mass is 16.5. The number of hydrogen-bond donors (Lipinski definition) is 0. The molecule has 1 aromatic rings. The lowest BCUT2D eigenvalue weighted by atomic mass is 9.92.